The van der Waals surface area contributed by atoms with Gasteiger partial charge in [0.15, 0.2) is 9.84 Å². The molecule has 0 aromatic heterocycles. The summed E-state index contributed by atoms with van der Waals surface area (Å²) in [6.45, 7) is 1.78. The lowest BCUT2D eigenvalue weighted by Gasteiger charge is -2.16. The van der Waals surface area contributed by atoms with Gasteiger partial charge in [-0.25, -0.2) is 13.9 Å². The second-order valence-electron chi connectivity index (χ2n) is 8.24. The topological polar surface area (TPSA) is 151 Å². The van der Waals surface area contributed by atoms with E-state index in [4.69, 9.17) is 33.1 Å². The highest BCUT2D eigenvalue weighted by molar-refractivity contribution is 7.92. The SMILES string of the molecule is CC#CCOc1ccc(S(=O)(=O)C(CCCCNC(=O)CNC(=O)Cc2ccc(Cl)c(Cl)c2)C(=O)NO)cc1. The summed E-state index contributed by atoms with van der Waals surface area (Å²) >= 11 is 11.8. The normalized spacial score (nSPS) is 11.5. The van der Waals surface area contributed by atoms with Crippen LogP contribution in [-0.4, -0.2) is 56.3 Å². The lowest BCUT2D eigenvalue weighted by atomic mass is 10.1. The molecule has 0 aliphatic carbocycles. The minimum atomic E-state index is -4.11. The molecule has 13 heteroatoms. The molecular weight excluding hydrogens is 569 g/mol. The zero-order valence-electron chi connectivity index (χ0n) is 21.1. The van der Waals surface area contributed by atoms with E-state index in [0.29, 0.717) is 27.8 Å². The van der Waals surface area contributed by atoms with Crippen molar-refractivity contribution in [2.45, 2.75) is 42.8 Å². The average molecular weight is 599 g/mol. The fraction of sp³-hybridized carbons (Fsp3) is 0.346. The Labute approximate surface area is 237 Å². The number of sulfone groups is 1. The number of halogens is 2. The van der Waals surface area contributed by atoms with Crippen LogP contribution in [0.1, 0.15) is 31.7 Å². The van der Waals surface area contributed by atoms with Crippen LogP contribution in [0.15, 0.2) is 47.4 Å². The second kappa shape index (κ2) is 16.0. The van der Waals surface area contributed by atoms with Gasteiger partial charge in [-0.05, 0) is 68.1 Å². The van der Waals surface area contributed by atoms with E-state index in [9.17, 15) is 22.8 Å². The van der Waals surface area contributed by atoms with Crippen molar-refractivity contribution in [3.8, 4) is 17.6 Å². The molecule has 10 nitrogen and oxygen atoms in total. The van der Waals surface area contributed by atoms with Gasteiger partial charge in [-0.1, -0.05) is 35.2 Å². The number of carbonyl (C=O) groups excluding carboxylic acids is 3. The molecule has 0 saturated carbocycles. The number of carbonyl (C=O) groups is 3. The Morgan fingerprint density at radius 1 is 1.00 bits per heavy atom. The molecule has 210 valence electrons. The number of rotatable bonds is 14. The first kappa shape index (κ1) is 31.9. The van der Waals surface area contributed by atoms with E-state index in [2.05, 4.69) is 22.5 Å². The number of ether oxygens (including phenoxy) is 1. The highest BCUT2D eigenvalue weighted by Gasteiger charge is 2.33. The quantitative estimate of drug-likeness (QED) is 0.113. The smallest absolute Gasteiger partial charge is 0.262 e. The molecule has 2 aromatic rings. The first-order valence-electron chi connectivity index (χ1n) is 11.9. The maximum Gasteiger partial charge on any atom is 0.262 e. The van der Waals surface area contributed by atoms with Gasteiger partial charge in [0.1, 0.15) is 17.6 Å². The lowest BCUT2D eigenvalue weighted by molar-refractivity contribution is -0.129. The Morgan fingerprint density at radius 2 is 1.72 bits per heavy atom. The van der Waals surface area contributed by atoms with Crippen molar-refractivity contribution >= 4 is 50.8 Å². The molecule has 0 spiro atoms. The van der Waals surface area contributed by atoms with Crippen molar-refractivity contribution < 1.29 is 32.7 Å². The van der Waals surface area contributed by atoms with Gasteiger partial charge in [-0.3, -0.25) is 19.6 Å². The van der Waals surface area contributed by atoms with Gasteiger partial charge in [-0.15, -0.1) is 5.92 Å². The van der Waals surface area contributed by atoms with E-state index in [1.54, 1.807) is 25.1 Å². The molecule has 3 amide bonds. The van der Waals surface area contributed by atoms with Gasteiger partial charge < -0.3 is 15.4 Å². The number of nitrogens with one attached hydrogen (secondary N) is 3. The fourth-order valence-corrected chi connectivity index (χ4v) is 5.38. The first-order chi connectivity index (χ1) is 18.6. The predicted molar refractivity (Wildman–Crippen MR) is 146 cm³/mol. The van der Waals surface area contributed by atoms with Crippen molar-refractivity contribution in [1.29, 1.82) is 0 Å². The summed E-state index contributed by atoms with van der Waals surface area (Å²) in [5, 5.41) is 13.4. The van der Waals surface area contributed by atoms with Crippen LogP contribution in [0.2, 0.25) is 10.0 Å². The summed E-state index contributed by atoms with van der Waals surface area (Å²) in [5.74, 6) is 3.96. The van der Waals surface area contributed by atoms with E-state index in [1.807, 2.05) is 0 Å². The van der Waals surface area contributed by atoms with Gasteiger partial charge in [0.2, 0.25) is 11.8 Å². The Hall–Kier alpha value is -3.30. The summed E-state index contributed by atoms with van der Waals surface area (Å²) < 4.78 is 31.4. The van der Waals surface area contributed by atoms with Gasteiger partial charge in [0.25, 0.3) is 5.91 Å². The summed E-state index contributed by atoms with van der Waals surface area (Å²) in [4.78, 5) is 36.1. The fourth-order valence-electron chi connectivity index (χ4n) is 3.40. The molecule has 39 heavy (non-hydrogen) atoms. The molecule has 4 N–H and O–H groups in total. The summed E-state index contributed by atoms with van der Waals surface area (Å²) in [7, 11) is -4.11. The van der Waals surface area contributed by atoms with E-state index in [-0.39, 0.29) is 49.8 Å². The second-order valence-corrected chi connectivity index (χ2v) is 11.2. The number of unbranched alkanes of at least 4 members (excludes halogenated alkanes) is 1. The maximum atomic E-state index is 13.0. The summed E-state index contributed by atoms with van der Waals surface area (Å²) in [6, 6.07) is 10.4. The molecule has 0 aliphatic heterocycles. The van der Waals surface area contributed by atoms with Crippen molar-refractivity contribution in [3.05, 3.63) is 58.1 Å². The molecule has 0 saturated heterocycles. The van der Waals surface area contributed by atoms with Gasteiger partial charge >= 0.3 is 0 Å². The van der Waals surface area contributed by atoms with Gasteiger partial charge in [0.05, 0.1) is 27.9 Å². The van der Waals surface area contributed by atoms with Crippen LogP contribution in [0.4, 0.5) is 0 Å². The Morgan fingerprint density at radius 3 is 2.36 bits per heavy atom. The highest BCUT2D eigenvalue weighted by Crippen LogP contribution is 2.24. The van der Waals surface area contributed by atoms with Crippen LogP contribution in [0.5, 0.6) is 5.75 Å². The Bertz CT molecular complexity index is 1320. The Balaban J connectivity index is 1.80. The molecule has 0 fully saturated rings. The zero-order chi connectivity index (χ0) is 28.8. The largest absolute Gasteiger partial charge is 0.481 e. The zero-order valence-corrected chi connectivity index (χ0v) is 23.5. The molecular formula is C26H29Cl2N3O7S. The number of hydroxylamine groups is 1. The maximum absolute atomic E-state index is 13.0. The van der Waals surface area contributed by atoms with Gasteiger partial charge in [-0.2, -0.15) is 0 Å². The van der Waals surface area contributed by atoms with Crippen molar-refractivity contribution in [2.75, 3.05) is 19.7 Å². The minimum absolute atomic E-state index is 0.0241. The third-order valence-electron chi connectivity index (χ3n) is 5.43. The van der Waals surface area contributed by atoms with Crippen LogP contribution >= 0.6 is 23.2 Å². The van der Waals surface area contributed by atoms with Crippen molar-refractivity contribution in [1.82, 2.24) is 16.1 Å². The molecule has 2 rings (SSSR count). The molecule has 0 radical (unpaired) electrons. The highest BCUT2D eigenvalue weighted by atomic mass is 35.5. The monoisotopic (exact) mass is 597 g/mol. The minimum Gasteiger partial charge on any atom is -0.481 e. The Kier molecular flexibility index (Phi) is 13.1. The van der Waals surface area contributed by atoms with Gasteiger partial charge in [0, 0.05) is 6.54 Å². The third kappa shape index (κ3) is 10.4. The molecule has 0 heterocycles. The van der Waals surface area contributed by atoms with Crippen LogP contribution in [0.25, 0.3) is 0 Å². The van der Waals surface area contributed by atoms with Crippen LogP contribution in [0.3, 0.4) is 0 Å². The van der Waals surface area contributed by atoms with E-state index < -0.39 is 26.9 Å². The predicted octanol–water partition coefficient (Wildman–Crippen LogP) is 2.69. The average Bonchev–Trinajstić information content (AvgIpc) is 2.91. The number of amides is 3. The number of hydrogen-bond acceptors (Lipinski definition) is 7. The number of hydrogen-bond donors (Lipinski definition) is 4. The molecule has 1 unspecified atom stereocenters. The van der Waals surface area contributed by atoms with Crippen LogP contribution in [0, 0.1) is 11.8 Å². The summed E-state index contributed by atoms with van der Waals surface area (Å²) in [5.41, 5.74) is 2.06. The molecule has 2 aromatic carbocycles. The summed E-state index contributed by atoms with van der Waals surface area (Å²) in [6.07, 6.45) is 0.558. The lowest BCUT2D eigenvalue weighted by Crippen LogP contribution is -2.39. The first-order valence-corrected chi connectivity index (χ1v) is 14.2. The van der Waals surface area contributed by atoms with Crippen molar-refractivity contribution in [3.63, 3.8) is 0 Å². The van der Waals surface area contributed by atoms with Crippen LogP contribution < -0.4 is 20.9 Å². The van der Waals surface area contributed by atoms with Crippen LogP contribution in [-0.2, 0) is 30.6 Å². The number of benzene rings is 2. The molecule has 1 atom stereocenters. The van der Waals surface area contributed by atoms with E-state index in [0.717, 1.165) is 0 Å². The standard InChI is InChI=1S/C26H29Cl2N3O7S/c1-2-3-14-38-19-8-10-20(11-9-19)39(36,37)23(26(34)31-35)6-4-5-13-29-25(33)17-30-24(32)16-18-7-12-21(27)22(28)15-18/h7-12,15,23,35H,4-6,13-14,16-17H2,1H3,(H,29,33)(H,30,32)(H,31,34). The van der Waals surface area contributed by atoms with E-state index >= 15 is 0 Å². The van der Waals surface area contributed by atoms with E-state index in [1.165, 1.54) is 29.7 Å². The van der Waals surface area contributed by atoms with Crippen molar-refractivity contribution in [2.24, 2.45) is 0 Å². The molecule has 0 aliphatic rings. The molecule has 0 bridgehead atoms. The third-order valence-corrected chi connectivity index (χ3v) is 8.29.